The molecule has 0 saturated carbocycles. The number of ether oxygens (including phenoxy) is 1. The third-order valence-corrected chi connectivity index (χ3v) is 3.88. The van der Waals surface area contributed by atoms with Crippen molar-refractivity contribution in [1.82, 2.24) is 4.90 Å². The van der Waals surface area contributed by atoms with Crippen molar-refractivity contribution in [2.45, 2.75) is 38.6 Å². The largest absolute Gasteiger partial charge is 0.492 e. The summed E-state index contributed by atoms with van der Waals surface area (Å²) in [5.41, 5.74) is 0.689. The Hall–Kier alpha value is -1.35. The first-order valence-corrected chi connectivity index (χ1v) is 7.25. The van der Waals surface area contributed by atoms with Gasteiger partial charge in [0.05, 0.1) is 0 Å². The predicted molar refractivity (Wildman–Crippen MR) is 76.8 cm³/mol. The lowest BCUT2D eigenvalue weighted by atomic mass is 10.0. The molecule has 0 radical (unpaired) electrons. The molecule has 1 atom stereocenters. The zero-order valence-corrected chi connectivity index (χ0v) is 11.7. The average Bonchev–Trinajstić information content (AvgIpc) is 2.48. The minimum atomic E-state index is 0.689. The monoisotopic (exact) mass is 261 g/mol. The molecule has 1 saturated heterocycles. The molecule has 1 heterocycles. The van der Waals surface area contributed by atoms with Crippen LogP contribution in [0.4, 0.5) is 0 Å². The Morgan fingerprint density at radius 3 is 2.79 bits per heavy atom. The highest BCUT2D eigenvalue weighted by Crippen LogP contribution is 2.19. The molecule has 3 heteroatoms. The summed E-state index contributed by atoms with van der Waals surface area (Å²) in [7, 11) is 0. The van der Waals surface area contributed by atoms with E-state index in [9.17, 15) is 4.79 Å². The van der Waals surface area contributed by atoms with E-state index in [2.05, 4.69) is 11.8 Å². The molecule has 0 spiro atoms. The van der Waals surface area contributed by atoms with Crippen molar-refractivity contribution in [3.8, 4) is 5.75 Å². The summed E-state index contributed by atoms with van der Waals surface area (Å²) >= 11 is 0. The smallest absolute Gasteiger partial charge is 0.150 e. The fourth-order valence-corrected chi connectivity index (χ4v) is 2.74. The summed E-state index contributed by atoms with van der Waals surface area (Å²) in [6.45, 7) is 5.18. The summed E-state index contributed by atoms with van der Waals surface area (Å²) in [4.78, 5) is 13.1. The molecular weight excluding hydrogens is 238 g/mol. The number of rotatable bonds is 6. The number of carbonyl (C=O) groups excluding carboxylic acids is 1. The average molecular weight is 261 g/mol. The molecule has 3 nitrogen and oxygen atoms in total. The Morgan fingerprint density at radius 1 is 1.32 bits per heavy atom. The molecule has 0 bridgehead atoms. The summed E-state index contributed by atoms with van der Waals surface area (Å²) in [6.07, 6.45) is 6.08. The number of carbonyl (C=O) groups is 1. The molecular formula is C16H23NO2. The van der Waals surface area contributed by atoms with E-state index in [1.165, 1.54) is 32.2 Å². The fourth-order valence-electron chi connectivity index (χ4n) is 2.74. The van der Waals surface area contributed by atoms with Gasteiger partial charge >= 0.3 is 0 Å². The van der Waals surface area contributed by atoms with E-state index >= 15 is 0 Å². The van der Waals surface area contributed by atoms with Crippen LogP contribution in [0.1, 0.15) is 43.0 Å². The second-order valence-corrected chi connectivity index (χ2v) is 5.13. The maximum atomic E-state index is 10.6. The molecule has 1 aliphatic rings. The Morgan fingerprint density at radius 2 is 2.11 bits per heavy atom. The van der Waals surface area contributed by atoms with E-state index in [1.807, 2.05) is 12.1 Å². The van der Waals surface area contributed by atoms with E-state index in [0.717, 1.165) is 31.2 Å². The molecule has 0 aliphatic carbocycles. The zero-order valence-electron chi connectivity index (χ0n) is 11.7. The van der Waals surface area contributed by atoms with E-state index in [4.69, 9.17) is 4.74 Å². The molecule has 19 heavy (non-hydrogen) atoms. The Labute approximate surface area is 115 Å². The zero-order chi connectivity index (χ0) is 13.5. The van der Waals surface area contributed by atoms with E-state index in [0.29, 0.717) is 5.56 Å². The minimum Gasteiger partial charge on any atom is -0.492 e. The molecule has 1 fully saturated rings. The molecule has 104 valence electrons. The molecule has 1 aromatic rings. The topological polar surface area (TPSA) is 29.5 Å². The first-order chi connectivity index (χ1) is 9.33. The minimum absolute atomic E-state index is 0.689. The van der Waals surface area contributed by atoms with Gasteiger partial charge in [-0.3, -0.25) is 9.69 Å². The Balaban J connectivity index is 1.77. The highest BCUT2D eigenvalue weighted by Gasteiger charge is 2.20. The van der Waals surface area contributed by atoms with Crippen LogP contribution in [-0.2, 0) is 0 Å². The number of likely N-dealkylation sites (tertiary alicyclic amines) is 1. The van der Waals surface area contributed by atoms with Crippen molar-refractivity contribution >= 4 is 6.29 Å². The van der Waals surface area contributed by atoms with Crippen LogP contribution in [0, 0.1) is 0 Å². The van der Waals surface area contributed by atoms with Crippen LogP contribution in [0.3, 0.4) is 0 Å². The van der Waals surface area contributed by atoms with Gasteiger partial charge in [-0.25, -0.2) is 0 Å². The maximum Gasteiger partial charge on any atom is 0.150 e. The second-order valence-electron chi connectivity index (χ2n) is 5.13. The lowest BCUT2D eigenvalue weighted by molar-refractivity contribution is 0.112. The lowest BCUT2D eigenvalue weighted by Gasteiger charge is -2.34. The van der Waals surface area contributed by atoms with Crippen molar-refractivity contribution in [3.05, 3.63) is 29.8 Å². The van der Waals surface area contributed by atoms with Crippen molar-refractivity contribution < 1.29 is 9.53 Å². The van der Waals surface area contributed by atoms with E-state index < -0.39 is 0 Å². The number of aldehydes is 1. The quantitative estimate of drug-likeness (QED) is 0.737. The summed E-state index contributed by atoms with van der Waals surface area (Å²) in [5.74, 6) is 0.843. The van der Waals surface area contributed by atoms with Gasteiger partial charge in [-0.05, 0) is 50.1 Å². The fraction of sp³-hybridized carbons (Fsp3) is 0.562. The van der Waals surface area contributed by atoms with Gasteiger partial charge in [0.15, 0.2) is 0 Å². The van der Waals surface area contributed by atoms with Crippen LogP contribution >= 0.6 is 0 Å². The van der Waals surface area contributed by atoms with Gasteiger partial charge in [0.2, 0.25) is 0 Å². The van der Waals surface area contributed by atoms with Gasteiger partial charge in [0, 0.05) is 18.2 Å². The number of hydrogen-bond acceptors (Lipinski definition) is 3. The number of nitrogens with zero attached hydrogens (tertiary/aromatic N) is 1. The van der Waals surface area contributed by atoms with Crippen molar-refractivity contribution in [3.63, 3.8) is 0 Å². The van der Waals surface area contributed by atoms with Crippen LogP contribution in [-0.4, -0.2) is 36.9 Å². The van der Waals surface area contributed by atoms with Crippen LogP contribution in [0.25, 0.3) is 0 Å². The first-order valence-electron chi connectivity index (χ1n) is 7.25. The predicted octanol–water partition coefficient (Wildman–Crippen LogP) is 3.14. The molecule has 0 unspecified atom stereocenters. The van der Waals surface area contributed by atoms with E-state index in [-0.39, 0.29) is 0 Å². The maximum absolute atomic E-state index is 10.6. The van der Waals surface area contributed by atoms with Gasteiger partial charge in [0.25, 0.3) is 0 Å². The normalized spacial score (nSPS) is 20.2. The summed E-state index contributed by atoms with van der Waals surface area (Å²) < 4.78 is 5.74. The number of piperidine rings is 1. The van der Waals surface area contributed by atoms with Crippen LogP contribution < -0.4 is 4.74 Å². The van der Waals surface area contributed by atoms with Crippen LogP contribution in [0.5, 0.6) is 5.75 Å². The van der Waals surface area contributed by atoms with Crippen LogP contribution in [0.2, 0.25) is 0 Å². The first kappa shape index (κ1) is 14.1. The molecule has 2 rings (SSSR count). The van der Waals surface area contributed by atoms with Gasteiger partial charge in [0.1, 0.15) is 18.6 Å². The highest BCUT2D eigenvalue weighted by atomic mass is 16.5. The van der Waals surface area contributed by atoms with Gasteiger partial charge in [-0.1, -0.05) is 13.3 Å². The molecule has 1 aromatic carbocycles. The Kier molecular flexibility index (Phi) is 5.40. The van der Waals surface area contributed by atoms with Gasteiger partial charge in [-0.2, -0.15) is 0 Å². The number of hydrogen-bond donors (Lipinski definition) is 0. The SMILES string of the molecule is CC[C@H]1CCCCN1CCOc1ccc(C=O)cc1. The van der Waals surface area contributed by atoms with Crippen molar-refractivity contribution in [2.24, 2.45) is 0 Å². The standard InChI is InChI=1S/C16H23NO2/c1-2-15-5-3-4-10-17(15)11-12-19-16-8-6-14(13-18)7-9-16/h6-9,13,15H,2-5,10-12H2,1H3/t15-/m0/s1. The van der Waals surface area contributed by atoms with E-state index in [1.54, 1.807) is 12.1 Å². The number of benzene rings is 1. The summed E-state index contributed by atoms with van der Waals surface area (Å²) in [6, 6.07) is 8.03. The third kappa shape index (κ3) is 4.06. The van der Waals surface area contributed by atoms with Crippen molar-refractivity contribution in [2.75, 3.05) is 19.7 Å². The third-order valence-electron chi connectivity index (χ3n) is 3.88. The lowest BCUT2D eigenvalue weighted by Crippen LogP contribution is -2.41. The van der Waals surface area contributed by atoms with Gasteiger partial charge < -0.3 is 4.74 Å². The highest BCUT2D eigenvalue weighted by molar-refractivity contribution is 5.74. The van der Waals surface area contributed by atoms with Gasteiger partial charge in [-0.15, -0.1) is 0 Å². The van der Waals surface area contributed by atoms with Crippen LogP contribution in [0.15, 0.2) is 24.3 Å². The molecule has 0 aromatic heterocycles. The Bertz CT molecular complexity index is 388. The molecule has 0 amide bonds. The molecule has 0 N–H and O–H groups in total. The van der Waals surface area contributed by atoms with Crippen molar-refractivity contribution in [1.29, 1.82) is 0 Å². The summed E-state index contributed by atoms with van der Waals surface area (Å²) in [5, 5.41) is 0. The second kappa shape index (κ2) is 7.29. The molecule has 1 aliphatic heterocycles.